The Kier molecular flexibility index (Phi) is 3.34. The molecule has 2 nitrogen and oxygen atoms in total. The van der Waals surface area contributed by atoms with Crippen LogP contribution in [0.2, 0.25) is 0 Å². The number of halogens is 2. The first-order valence-electron chi connectivity index (χ1n) is 5.69. The van der Waals surface area contributed by atoms with E-state index in [9.17, 15) is 13.6 Å². The Morgan fingerprint density at radius 1 is 0.947 bits per heavy atom. The highest BCUT2D eigenvalue weighted by Gasteiger charge is 2.12. The fraction of sp³-hybridized carbons (Fsp3) is 0.133. The molecule has 0 aliphatic carbocycles. The topological polar surface area (TPSA) is 37.3 Å². The SMILES string of the molecule is Cc1cc(-c2cc(F)cc(F)c2)cc(C(=O)O)c1C. The second-order valence-corrected chi connectivity index (χ2v) is 4.43. The van der Waals surface area contributed by atoms with Crippen molar-refractivity contribution in [2.45, 2.75) is 13.8 Å². The average molecular weight is 262 g/mol. The molecule has 1 N–H and O–H groups in total. The van der Waals surface area contributed by atoms with Gasteiger partial charge in [0, 0.05) is 6.07 Å². The van der Waals surface area contributed by atoms with Gasteiger partial charge in [-0.05, 0) is 54.3 Å². The normalized spacial score (nSPS) is 10.5. The van der Waals surface area contributed by atoms with Crippen molar-refractivity contribution < 1.29 is 18.7 Å². The summed E-state index contributed by atoms with van der Waals surface area (Å²) in [4.78, 5) is 11.1. The minimum atomic E-state index is -1.06. The molecule has 0 atom stereocenters. The lowest BCUT2D eigenvalue weighted by molar-refractivity contribution is 0.0696. The number of carboxylic acid groups (broad SMARTS) is 1. The Bertz CT molecular complexity index is 643. The molecule has 0 heterocycles. The summed E-state index contributed by atoms with van der Waals surface area (Å²) < 4.78 is 26.4. The number of carboxylic acids is 1. The molecule has 0 aromatic heterocycles. The van der Waals surface area contributed by atoms with Gasteiger partial charge < -0.3 is 5.11 Å². The zero-order valence-corrected chi connectivity index (χ0v) is 10.5. The summed E-state index contributed by atoms with van der Waals surface area (Å²) in [7, 11) is 0. The van der Waals surface area contributed by atoms with E-state index in [1.165, 1.54) is 18.2 Å². The van der Waals surface area contributed by atoms with Crippen molar-refractivity contribution >= 4 is 5.97 Å². The van der Waals surface area contributed by atoms with Gasteiger partial charge in [0.25, 0.3) is 0 Å². The Labute approximate surface area is 109 Å². The summed E-state index contributed by atoms with van der Waals surface area (Å²) in [6, 6.07) is 6.29. The van der Waals surface area contributed by atoms with Gasteiger partial charge in [-0.1, -0.05) is 6.07 Å². The molecule has 0 saturated heterocycles. The highest BCUT2D eigenvalue weighted by Crippen LogP contribution is 2.26. The summed E-state index contributed by atoms with van der Waals surface area (Å²) in [5.74, 6) is -2.44. The Morgan fingerprint density at radius 3 is 2.00 bits per heavy atom. The zero-order valence-electron chi connectivity index (χ0n) is 10.5. The first-order valence-corrected chi connectivity index (χ1v) is 5.69. The third-order valence-corrected chi connectivity index (χ3v) is 3.09. The van der Waals surface area contributed by atoms with Gasteiger partial charge in [-0.2, -0.15) is 0 Å². The molecule has 0 aliphatic rings. The number of aryl methyl sites for hydroxylation is 1. The molecule has 2 rings (SSSR count). The maximum Gasteiger partial charge on any atom is 0.335 e. The predicted molar refractivity (Wildman–Crippen MR) is 68.2 cm³/mol. The smallest absolute Gasteiger partial charge is 0.335 e. The van der Waals surface area contributed by atoms with Crippen molar-refractivity contribution in [3.8, 4) is 11.1 Å². The molecule has 98 valence electrons. The quantitative estimate of drug-likeness (QED) is 0.889. The van der Waals surface area contributed by atoms with Crippen LogP contribution in [0, 0.1) is 25.5 Å². The summed E-state index contributed by atoms with van der Waals surface area (Å²) in [6.45, 7) is 3.47. The van der Waals surface area contributed by atoms with E-state index in [4.69, 9.17) is 5.11 Å². The number of hydrogen-bond donors (Lipinski definition) is 1. The summed E-state index contributed by atoms with van der Waals surface area (Å²) >= 11 is 0. The van der Waals surface area contributed by atoms with Crippen LogP contribution in [-0.4, -0.2) is 11.1 Å². The van der Waals surface area contributed by atoms with Crippen LogP contribution in [-0.2, 0) is 0 Å². The Balaban J connectivity index is 2.66. The van der Waals surface area contributed by atoms with E-state index in [2.05, 4.69) is 0 Å². The summed E-state index contributed by atoms with van der Waals surface area (Å²) in [6.07, 6.45) is 0. The molecule has 0 saturated carbocycles. The lowest BCUT2D eigenvalue weighted by Crippen LogP contribution is -2.02. The van der Waals surface area contributed by atoms with E-state index in [-0.39, 0.29) is 5.56 Å². The number of carbonyl (C=O) groups is 1. The van der Waals surface area contributed by atoms with Crippen molar-refractivity contribution in [1.82, 2.24) is 0 Å². The molecule has 4 heteroatoms. The fourth-order valence-electron chi connectivity index (χ4n) is 1.97. The average Bonchev–Trinajstić information content (AvgIpc) is 2.30. The predicted octanol–water partition coefficient (Wildman–Crippen LogP) is 3.95. The lowest BCUT2D eigenvalue weighted by atomic mass is 9.95. The van der Waals surface area contributed by atoms with Gasteiger partial charge in [0.15, 0.2) is 0 Å². The second-order valence-electron chi connectivity index (χ2n) is 4.43. The highest BCUT2D eigenvalue weighted by molar-refractivity contribution is 5.91. The van der Waals surface area contributed by atoms with Crippen molar-refractivity contribution in [3.05, 3.63) is 58.7 Å². The molecule has 19 heavy (non-hydrogen) atoms. The van der Waals surface area contributed by atoms with Crippen LogP contribution in [0.15, 0.2) is 30.3 Å². The number of hydrogen-bond acceptors (Lipinski definition) is 1. The maximum atomic E-state index is 13.2. The van der Waals surface area contributed by atoms with Crippen molar-refractivity contribution in [2.75, 3.05) is 0 Å². The van der Waals surface area contributed by atoms with E-state index in [1.807, 2.05) is 0 Å². The van der Waals surface area contributed by atoms with Crippen LogP contribution in [0.25, 0.3) is 11.1 Å². The molecular weight excluding hydrogens is 250 g/mol. The van der Waals surface area contributed by atoms with Crippen molar-refractivity contribution in [3.63, 3.8) is 0 Å². The molecule has 0 fully saturated rings. The molecular formula is C15H12F2O2. The third-order valence-electron chi connectivity index (χ3n) is 3.09. The standard InChI is InChI=1S/C15H12F2O2/c1-8-3-10(6-14(9(8)2)15(18)19)11-4-12(16)7-13(17)5-11/h3-7H,1-2H3,(H,18,19). The number of benzene rings is 2. The lowest BCUT2D eigenvalue weighted by Gasteiger charge is -2.10. The monoisotopic (exact) mass is 262 g/mol. The second kappa shape index (κ2) is 4.80. The van der Waals surface area contributed by atoms with Crippen LogP contribution >= 0.6 is 0 Å². The van der Waals surface area contributed by atoms with E-state index in [1.54, 1.807) is 19.9 Å². The molecule has 0 bridgehead atoms. The van der Waals surface area contributed by atoms with Crippen LogP contribution < -0.4 is 0 Å². The minimum absolute atomic E-state index is 0.139. The first kappa shape index (κ1) is 13.2. The zero-order chi connectivity index (χ0) is 14.2. The van der Waals surface area contributed by atoms with Crippen LogP contribution in [0.1, 0.15) is 21.5 Å². The summed E-state index contributed by atoms with van der Waals surface area (Å²) in [5, 5.41) is 9.12. The van der Waals surface area contributed by atoms with Gasteiger partial charge in [-0.3, -0.25) is 0 Å². The van der Waals surface area contributed by atoms with Crippen molar-refractivity contribution in [1.29, 1.82) is 0 Å². The van der Waals surface area contributed by atoms with E-state index in [0.717, 1.165) is 11.6 Å². The van der Waals surface area contributed by atoms with Gasteiger partial charge in [0.2, 0.25) is 0 Å². The fourth-order valence-corrected chi connectivity index (χ4v) is 1.97. The first-order chi connectivity index (χ1) is 8.88. The molecule has 0 aliphatic heterocycles. The van der Waals surface area contributed by atoms with E-state index < -0.39 is 17.6 Å². The van der Waals surface area contributed by atoms with E-state index in [0.29, 0.717) is 16.7 Å². The Hall–Kier alpha value is -2.23. The molecule has 0 amide bonds. The van der Waals surface area contributed by atoms with Crippen LogP contribution in [0.3, 0.4) is 0 Å². The molecule has 0 spiro atoms. The molecule has 2 aromatic rings. The van der Waals surface area contributed by atoms with Crippen molar-refractivity contribution in [2.24, 2.45) is 0 Å². The highest BCUT2D eigenvalue weighted by atomic mass is 19.1. The maximum absolute atomic E-state index is 13.2. The van der Waals surface area contributed by atoms with Crippen LogP contribution in [0.5, 0.6) is 0 Å². The van der Waals surface area contributed by atoms with Gasteiger partial charge in [-0.15, -0.1) is 0 Å². The van der Waals surface area contributed by atoms with Gasteiger partial charge in [-0.25, -0.2) is 13.6 Å². The minimum Gasteiger partial charge on any atom is -0.478 e. The van der Waals surface area contributed by atoms with Crippen LogP contribution in [0.4, 0.5) is 8.78 Å². The molecule has 0 unspecified atom stereocenters. The van der Waals surface area contributed by atoms with Gasteiger partial charge in [0.1, 0.15) is 11.6 Å². The number of rotatable bonds is 2. The van der Waals surface area contributed by atoms with Gasteiger partial charge >= 0.3 is 5.97 Å². The van der Waals surface area contributed by atoms with E-state index >= 15 is 0 Å². The van der Waals surface area contributed by atoms with Gasteiger partial charge in [0.05, 0.1) is 5.56 Å². The molecule has 2 aromatic carbocycles. The number of aromatic carboxylic acids is 1. The third kappa shape index (κ3) is 2.62. The largest absolute Gasteiger partial charge is 0.478 e. The summed E-state index contributed by atoms with van der Waals surface area (Å²) in [5.41, 5.74) is 2.36. The molecule has 0 radical (unpaired) electrons. The Morgan fingerprint density at radius 2 is 1.47 bits per heavy atom.